The molecular formula is C10H13IN2O3. The molecule has 1 heterocycles. The Morgan fingerprint density at radius 1 is 1.62 bits per heavy atom. The lowest BCUT2D eigenvalue weighted by Crippen LogP contribution is -2.33. The Morgan fingerprint density at radius 2 is 2.25 bits per heavy atom. The number of amides is 1. The van der Waals surface area contributed by atoms with Crippen LogP contribution in [-0.4, -0.2) is 29.7 Å². The zero-order valence-corrected chi connectivity index (χ0v) is 11.5. The highest BCUT2D eigenvalue weighted by molar-refractivity contribution is 14.1. The molecule has 0 aromatic carbocycles. The first-order valence-electron chi connectivity index (χ1n) is 4.63. The molecule has 0 bridgehead atoms. The van der Waals surface area contributed by atoms with E-state index in [9.17, 15) is 9.59 Å². The first-order chi connectivity index (χ1) is 7.45. The fourth-order valence-electron chi connectivity index (χ4n) is 1.20. The summed E-state index contributed by atoms with van der Waals surface area (Å²) in [6.07, 6.45) is 1.65. The van der Waals surface area contributed by atoms with Crippen LogP contribution in [-0.2, 0) is 16.2 Å². The number of rotatable bonds is 3. The molecular weight excluding hydrogens is 323 g/mol. The van der Waals surface area contributed by atoms with Crippen LogP contribution in [0.4, 0.5) is 0 Å². The van der Waals surface area contributed by atoms with E-state index in [1.165, 1.54) is 18.7 Å². The standard InChI is InChI=1S/C10H13IN2O3/c1-7-4-8(11)5-13(10(7)15)6-9(14)12(2)16-3/h4-5H,6H2,1-3H3. The lowest BCUT2D eigenvalue weighted by molar-refractivity contribution is -0.169. The van der Waals surface area contributed by atoms with Crippen molar-refractivity contribution in [2.75, 3.05) is 14.2 Å². The fourth-order valence-corrected chi connectivity index (χ4v) is 2.01. The SMILES string of the molecule is CON(C)C(=O)Cn1cc(I)cc(C)c1=O. The molecule has 0 aliphatic rings. The molecule has 1 aromatic heterocycles. The Morgan fingerprint density at radius 3 is 2.81 bits per heavy atom. The minimum Gasteiger partial charge on any atom is -0.305 e. The first kappa shape index (κ1) is 13.2. The second-order valence-electron chi connectivity index (χ2n) is 3.35. The van der Waals surface area contributed by atoms with E-state index in [-0.39, 0.29) is 18.0 Å². The molecule has 0 atom stereocenters. The van der Waals surface area contributed by atoms with Gasteiger partial charge >= 0.3 is 0 Å². The van der Waals surface area contributed by atoms with Crippen LogP contribution in [0, 0.1) is 10.5 Å². The second kappa shape index (κ2) is 5.44. The third kappa shape index (κ3) is 3.05. The highest BCUT2D eigenvalue weighted by Crippen LogP contribution is 2.03. The largest absolute Gasteiger partial charge is 0.305 e. The summed E-state index contributed by atoms with van der Waals surface area (Å²) in [6, 6.07) is 1.78. The zero-order valence-electron chi connectivity index (χ0n) is 9.36. The molecule has 0 radical (unpaired) electrons. The van der Waals surface area contributed by atoms with Gasteiger partial charge in [0.15, 0.2) is 0 Å². The van der Waals surface area contributed by atoms with Crippen molar-refractivity contribution in [3.05, 3.63) is 31.8 Å². The number of hydrogen-bond donors (Lipinski definition) is 0. The molecule has 1 aromatic rings. The summed E-state index contributed by atoms with van der Waals surface area (Å²) in [5.74, 6) is -0.272. The number of pyridine rings is 1. The second-order valence-corrected chi connectivity index (χ2v) is 4.59. The molecule has 0 spiro atoms. The molecule has 0 N–H and O–H groups in total. The van der Waals surface area contributed by atoms with Crippen LogP contribution in [0.15, 0.2) is 17.1 Å². The molecule has 0 aliphatic carbocycles. The van der Waals surface area contributed by atoms with E-state index in [1.54, 1.807) is 19.2 Å². The Labute approximate surface area is 107 Å². The van der Waals surface area contributed by atoms with Crippen LogP contribution in [0.1, 0.15) is 5.56 Å². The third-order valence-corrected chi connectivity index (χ3v) is 2.75. The van der Waals surface area contributed by atoms with Crippen molar-refractivity contribution in [2.45, 2.75) is 13.5 Å². The number of aromatic nitrogens is 1. The van der Waals surface area contributed by atoms with Gasteiger partial charge in [-0.1, -0.05) is 0 Å². The molecule has 0 unspecified atom stereocenters. The van der Waals surface area contributed by atoms with E-state index in [2.05, 4.69) is 22.6 Å². The first-order valence-corrected chi connectivity index (χ1v) is 5.71. The van der Waals surface area contributed by atoms with E-state index < -0.39 is 0 Å². The molecule has 0 saturated carbocycles. The minimum atomic E-state index is -0.272. The van der Waals surface area contributed by atoms with Gasteiger partial charge in [0, 0.05) is 22.4 Å². The minimum absolute atomic E-state index is 0.0130. The maximum atomic E-state index is 11.7. The summed E-state index contributed by atoms with van der Waals surface area (Å²) in [6.45, 7) is 1.71. The molecule has 16 heavy (non-hydrogen) atoms. The van der Waals surface area contributed by atoms with Crippen LogP contribution >= 0.6 is 22.6 Å². The maximum absolute atomic E-state index is 11.7. The van der Waals surface area contributed by atoms with Gasteiger partial charge in [-0.25, -0.2) is 5.06 Å². The number of nitrogens with zero attached hydrogens (tertiary/aromatic N) is 2. The molecule has 5 nitrogen and oxygen atoms in total. The predicted octanol–water partition coefficient (Wildman–Crippen LogP) is 0.781. The lowest BCUT2D eigenvalue weighted by atomic mass is 10.3. The quantitative estimate of drug-likeness (QED) is 0.606. The Balaban J connectivity index is 2.98. The van der Waals surface area contributed by atoms with Crippen LogP contribution in [0.2, 0.25) is 0 Å². The summed E-state index contributed by atoms with van der Waals surface area (Å²) in [4.78, 5) is 28.0. The van der Waals surface area contributed by atoms with Gasteiger partial charge < -0.3 is 4.57 Å². The van der Waals surface area contributed by atoms with E-state index in [0.29, 0.717) is 5.56 Å². The van der Waals surface area contributed by atoms with Crippen molar-refractivity contribution >= 4 is 28.5 Å². The van der Waals surface area contributed by atoms with Gasteiger partial charge in [0.25, 0.3) is 11.5 Å². The summed E-state index contributed by atoms with van der Waals surface area (Å²) in [5, 5.41) is 1.10. The highest BCUT2D eigenvalue weighted by Gasteiger charge is 2.10. The number of carbonyl (C=O) groups excluding carboxylic acids is 1. The summed E-state index contributed by atoms with van der Waals surface area (Å²) in [7, 11) is 2.91. The van der Waals surface area contributed by atoms with E-state index in [0.717, 1.165) is 8.63 Å². The number of hydrogen-bond acceptors (Lipinski definition) is 3. The van der Waals surface area contributed by atoms with Gasteiger partial charge in [-0.15, -0.1) is 0 Å². The molecule has 6 heteroatoms. The molecule has 1 amide bonds. The third-order valence-electron chi connectivity index (χ3n) is 2.16. The Hall–Kier alpha value is -0.890. The summed E-state index contributed by atoms with van der Waals surface area (Å²) < 4.78 is 2.30. The smallest absolute Gasteiger partial charge is 0.265 e. The summed E-state index contributed by atoms with van der Waals surface area (Å²) in [5.41, 5.74) is 0.470. The molecule has 0 fully saturated rings. The van der Waals surface area contributed by atoms with Gasteiger partial charge in [-0.3, -0.25) is 14.4 Å². The van der Waals surface area contributed by atoms with Gasteiger partial charge in [-0.05, 0) is 35.6 Å². The average molecular weight is 336 g/mol. The monoisotopic (exact) mass is 336 g/mol. The number of likely N-dealkylation sites (N-methyl/N-ethyl adjacent to an activating group) is 1. The van der Waals surface area contributed by atoms with E-state index in [1.807, 2.05) is 0 Å². The van der Waals surface area contributed by atoms with Crippen molar-refractivity contribution in [1.29, 1.82) is 0 Å². The van der Waals surface area contributed by atoms with E-state index in [4.69, 9.17) is 4.84 Å². The number of halogens is 1. The number of carbonyl (C=O) groups is 1. The fraction of sp³-hybridized carbons (Fsp3) is 0.400. The van der Waals surface area contributed by atoms with Gasteiger partial charge in [-0.2, -0.15) is 0 Å². The Kier molecular flexibility index (Phi) is 4.48. The normalized spacial score (nSPS) is 10.2. The molecule has 0 saturated heterocycles. The zero-order chi connectivity index (χ0) is 12.3. The predicted molar refractivity (Wildman–Crippen MR) is 67.9 cm³/mol. The molecule has 1 rings (SSSR count). The molecule has 88 valence electrons. The number of hydroxylamine groups is 2. The van der Waals surface area contributed by atoms with Crippen molar-refractivity contribution in [2.24, 2.45) is 0 Å². The van der Waals surface area contributed by atoms with E-state index >= 15 is 0 Å². The topological polar surface area (TPSA) is 51.5 Å². The van der Waals surface area contributed by atoms with Crippen molar-refractivity contribution in [3.63, 3.8) is 0 Å². The van der Waals surface area contributed by atoms with Crippen LogP contribution < -0.4 is 5.56 Å². The summed E-state index contributed by atoms with van der Waals surface area (Å²) >= 11 is 2.11. The van der Waals surface area contributed by atoms with Crippen molar-refractivity contribution in [1.82, 2.24) is 9.63 Å². The van der Waals surface area contributed by atoms with Crippen molar-refractivity contribution in [3.8, 4) is 0 Å². The lowest BCUT2D eigenvalue weighted by Gasteiger charge is -2.14. The number of aryl methyl sites for hydroxylation is 1. The van der Waals surface area contributed by atoms with Gasteiger partial charge in [0.05, 0.1) is 7.11 Å². The van der Waals surface area contributed by atoms with Crippen molar-refractivity contribution < 1.29 is 9.63 Å². The van der Waals surface area contributed by atoms with Crippen LogP contribution in [0.25, 0.3) is 0 Å². The molecule has 0 aliphatic heterocycles. The van der Waals surface area contributed by atoms with Gasteiger partial charge in [0.2, 0.25) is 0 Å². The van der Waals surface area contributed by atoms with Crippen LogP contribution in [0.5, 0.6) is 0 Å². The average Bonchev–Trinajstić information content (AvgIpc) is 2.23. The highest BCUT2D eigenvalue weighted by atomic mass is 127. The van der Waals surface area contributed by atoms with Crippen LogP contribution in [0.3, 0.4) is 0 Å². The van der Waals surface area contributed by atoms with Gasteiger partial charge in [0.1, 0.15) is 6.54 Å². The maximum Gasteiger partial charge on any atom is 0.265 e. The Bertz CT molecular complexity index is 456.